The number of carbonyl (C=O) groups excluding carboxylic acids is 1. The van der Waals surface area contributed by atoms with Gasteiger partial charge in [-0.2, -0.15) is 0 Å². The summed E-state index contributed by atoms with van der Waals surface area (Å²) in [5, 5.41) is 3.08. The molecule has 0 aromatic rings. The molecule has 0 aromatic heterocycles. The average Bonchev–Trinajstić information content (AvgIpc) is 2.63. The minimum absolute atomic E-state index is 0.00757. The van der Waals surface area contributed by atoms with Gasteiger partial charge < -0.3 is 14.8 Å². The van der Waals surface area contributed by atoms with Crippen LogP contribution in [-0.2, 0) is 14.3 Å². The summed E-state index contributed by atoms with van der Waals surface area (Å²) in [6.07, 6.45) is 16.4. The number of carbonyl (C=O) groups is 1. The lowest BCUT2D eigenvalue weighted by Gasteiger charge is -2.06. The highest BCUT2D eigenvalue weighted by Gasteiger charge is 1.96. The van der Waals surface area contributed by atoms with Crippen LogP contribution in [0.3, 0.4) is 0 Å². The van der Waals surface area contributed by atoms with Crippen molar-refractivity contribution >= 4 is 21.8 Å². The van der Waals surface area contributed by atoms with Crippen molar-refractivity contribution in [1.82, 2.24) is 5.32 Å². The van der Waals surface area contributed by atoms with E-state index in [9.17, 15) is 4.79 Å². The third kappa shape index (κ3) is 21.8. The van der Waals surface area contributed by atoms with E-state index in [4.69, 9.17) is 9.47 Å². The molecule has 0 bridgehead atoms. The predicted octanol–water partition coefficient (Wildman–Crippen LogP) is 5.23. The van der Waals surface area contributed by atoms with Crippen molar-refractivity contribution in [2.75, 3.05) is 38.3 Å². The van der Waals surface area contributed by atoms with Crippen molar-refractivity contribution in [2.24, 2.45) is 0 Å². The maximum absolute atomic E-state index is 11.0. The number of rotatable bonds is 20. The number of hydrogen-bond donors (Lipinski definition) is 1. The Morgan fingerprint density at radius 1 is 0.720 bits per heavy atom. The summed E-state index contributed by atoms with van der Waals surface area (Å²) >= 11 is 3.10. The van der Waals surface area contributed by atoms with Gasteiger partial charge in [-0.1, -0.05) is 93.5 Å². The standard InChI is InChI=1S/C20H40BrNO3/c1-2-3-4-5-6-7-8-9-10-11-12-13-15-24-17-18-25-16-14-22-20(23)19-21/h2-19H2,1H3,(H,22,23). The largest absolute Gasteiger partial charge is 0.379 e. The third-order valence-corrected chi connectivity index (χ3v) is 4.71. The Morgan fingerprint density at radius 2 is 1.20 bits per heavy atom. The van der Waals surface area contributed by atoms with E-state index < -0.39 is 0 Å². The van der Waals surface area contributed by atoms with Gasteiger partial charge in [0, 0.05) is 13.2 Å². The topological polar surface area (TPSA) is 47.6 Å². The molecule has 0 fully saturated rings. The van der Waals surface area contributed by atoms with E-state index in [2.05, 4.69) is 28.2 Å². The monoisotopic (exact) mass is 421 g/mol. The average molecular weight is 422 g/mol. The molecule has 0 aromatic carbocycles. The second-order valence-electron chi connectivity index (χ2n) is 6.60. The van der Waals surface area contributed by atoms with E-state index in [-0.39, 0.29) is 5.91 Å². The molecular weight excluding hydrogens is 382 g/mol. The molecule has 5 heteroatoms. The van der Waals surface area contributed by atoms with Crippen LogP contribution in [0.2, 0.25) is 0 Å². The molecule has 0 unspecified atom stereocenters. The fraction of sp³-hybridized carbons (Fsp3) is 0.950. The lowest BCUT2D eigenvalue weighted by atomic mass is 10.1. The first-order valence-corrected chi connectivity index (χ1v) is 11.4. The Hall–Kier alpha value is -0.130. The molecule has 0 saturated heterocycles. The Morgan fingerprint density at radius 3 is 1.72 bits per heavy atom. The molecule has 0 saturated carbocycles. The molecule has 0 heterocycles. The van der Waals surface area contributed by atoms with Crippen molar-refractivity contribution in [3.05, 3.63) is 0 Å². The van der Waals surface area contributed by atoms with E-state index in [0.717, 1.165) is 13.0 Å². The van der Waals surface area contributed by atoms with Gasteiger partial charge in [0.05, 0.1) is 25.2 Å². The molecule has 0 spiro atoms. The van der Waals surface area contributed by atoms with Gasteiger partial charge in [-0.15, -0.1) is 0 Å². The molecule has 0 atom stereocenters. The van der Waals surface area contributed by atoms with E-state index in [1.807, 2.05) is 0 Å². The van der Waals surface area contributed by atoms with Crippen molar-refractivity contribution in [2.45, 2.75) is 84.0 Å². The van der Waals surface area contributed by atoms with Gasteiger partial charge in [-0.05, 0) is 6.42 Å². The van der Waals surface area contributed by atoms with Gasteiger partial charge >= 0.3 is 0 Å². The number of hydrogen-bond acceptors (Lipinski definition) is 3. The highest BCUT2D eigenvalue weighted by molar-refractivity contribution is 9.09. The van der Waals surface area contributed by atoms with E-state index in [1.54, 1.807) is 0 Å². The van der Waals surface area contributed by atoms with Crippen LogP contribution in [0.25, 0.3) is 0 Å². The lowest BCUT2D eigenvalue weighted by molar-refractivity contribution is -0.118. The third-order valence-electron chi connectivity index (χ3n) is 4.20. The number of nitrogens with one attached hydrogen (secondary N) is 1. The normalized spacial score (nSPS) is 11.0. The minimum Gasteiger partial charge on any atom is -0.379 e. The molecule has 0 aliphatic carbocycles. The zero-order valence-electron chi connectivity index (χ0n) is 16.3. The number of amides is 1. The van der Waals surface area contributed by atoms with E-state index in [0.29, 0.717) is 31.7 Å². The fourth-order valence-corrected chi connectivity index (χ4v) is 2.88. The van der Waals surface area contributed by atoms with Crippen LogP contribution in [-0.4, -0.2) is 44.2 Å². The highest BCUT2D eigenvalue weighted by atomic mass is 79.9. The summed E-state index contributed by atoms with van der Waals surface area (Å²) in [5.74, 6) is -0.00757. The van der Waals surface area contributed by atoms with Crippen LogP contribution in [0.15, 0.2) is 0 Å². The SMILES string of the molecule is CCCCCCCCCCCCCCOCCOCCNC(=O)CBr. The summed E-state index contributed by atoms with van der Waals surface area (Å²) in [4.78, 5) is 11.0. The maximum atomic E-state index is 11.0. The van der Waals surface area contributed by atoms with E-state index in [1.165, 1.54) is 70.6 Å². The molecule has 0 rings (SSSR count). The molecular formula is C20H40BrNO3. The Bertz CT molecular complexity index is 278. The van der Waals surface area contributed by atoms with Crippen LogP contribution in [0.5, 0.6) is 0 Å². The van der Waals surface area contributed by atoms with Crippen molar-refractivity contribution in [1.29, 1.82) is 0 Å². The van der Waals surface area contributed by atoms with Crippen LogP contribution in [0.1, 0.15) is 84.0 Å². The Balaban J connectivity index is 2.99. The molecule has 0 aliphatic heterocycles. The molecule has 1 N–H and O–H groups in total. The lowest BCUT2D eigenvalue weighted by Crippen LogP contribution is -2.28. The van der Waals surface area contributed by atoms with Crippen molar-refractivity contribution < 1.29 is 14.3 Å². The molecule has 150 valence electrons. The molecule has 4 nitrogen and oxygen atoms in total. The first-order chi connectivity index (χ1) is 12.3. The van der Waals surface area contributed by atoms with Crippen molar-refractivity contribution in [3.63, 3.8) is 0 Å². The minimum atomic E-state index is -0.00757. The maximum Gasteiger partial charge on any atom is 0.230 e. The summed E-state index contributed by atoms with van der Waals surface area (Å²) in [6.45, 7) is 5.45. The first kappa shape index (κ1) is 24.9. The van der Waals surface area contributed by atoms with Gasteiger partial charge in [-0.3, -0.25) is 4.79 Å². The van der Waals surface area contributed by atoms with Crippen LogP contribution in [0.4, 0.5) is 0 Å². The predicted molar refractivity (Wildman–Crippen MR) is 110 cm³/mol. The molecule has 25 heavy (non-hydrogen) atoms. The van der Waals surface area contributed by atoms with Crippen LogP contribution >= 0.6 is 15.9 Å². The highest BCUT2D eigenvalue weighted by Crippen LogP contribution is 2.11. The fourth-order valence-electron chi connectivity index (χ4n) is 2.68. The number of unbranched alkanes of at least 4 members (excludes halogenated alkanes) is 11. The Kier molecular flexibility index (Phi) is 21.8. The Labute approximate surface area is 163 Å². The second kappa shape index (κ2) is 21.9. The first-order valence-electron chi connectivity index (χ1n) is 10.3. The number of halogens is 1. The van der Waals surface area contributed by atoms with Gasteiger partial charge in [0.1, 0.15) is 0 Å². The van der Waals surface area contributed by atoms with Gasteiger partial charge in [0.2, 0.25) is 5.91 Å². The molecule has 0 radical (unpaired) electrons. The quantitative estimate of drug-likeness (QED) is 0.216. The molecule has 1 amide bonds. The zero-order chi connectivity index (χ0) is 18.4. The van der Waals surface area contributed by atoms with Crippen LogP contribution < -0.4 is 5.32 Å². The summed E-state index contributed by atoms with van der Waals surface area (Å²) < 4.78 is 10.9. The summed E-state index contributed by atoms with van der Waals surface area (Å²) in [7, 11) is 0. The van der Waals surface area contributed by atoms with Crippen LogP contribution in [0, 0.1) is 0 Å². The second-order valence-corrected chi connectivity index (χ2v) is 7.16. The van der Waals surface area contributed by atoms with Crippen molar-refractivity contribution in [3.8, 4) is 0 Å². The van der Waals surface area contributed by atoms with Gasteiger partial charge in [0.15, 0.2) is 0 Å². The molecule has 0 aliphatic rings. The number of ether oxygens (including phenoxy) is 2. The smallest absolute Gasteiger partial charge is 0.230 e. The van der Waals surface area contributed by atoms with E-state index >= 15 is 0 Å². The zero-order valence-corrected chi connectivity index (χ0v) is 17.9. The summed E-state index contributed by atoms with van der Waals surface area (Å²) in [6, 6.07) is 0. The number of alkyl halides is 1. The van der Waals surface area contributed by atoms with Gasteiger partial charge in [-0.25, -0.2) is 0 Å². The summed E-state index contributed by atoms with van der Waals surface area (Å²) in [5.41, 5.74) is 0. The van der Waals surface area contributed by atoms with Gasteiger partial charge in [0.25, 0.3) is 0 Å².